The van der Waals surface area contributed by atoms with E-state index >= 15 is 0 Å². The quantitative estimate of drug-likeness (QED) is 0.271. The summed E-state index contributed by atoms with van der Waals surface area (Å²) >= 11 is 0. The van der Waals surface area contributed by atoms with Gasteiger partial charge >= 0.3 is 0 Å². The summed E-state index contributed by atoms with van der Waals surface area (Å²) in [5.41, 5.74) is 6.40. The molecule has 0 radical (unpaired) electrons. The van der Waals surface area contributed by atoms with Crippen LogP contribution in [0.15, 0.2) is 29.3 Å². The predicted molar refractivity (Wildman–Crippen MR) is 116 cm³/mol. The van der Waals surface area contributed by atoms with Crippen molar-refractivity contribution in [1.29, 1.82) is 0 Å². The monoisotopic (exact) mass is 422 g/mol. The van der Waals surface area contributed by atoms with Crippen LogP contribution in [-0.2, 0) is 20.7 Å². The zero-order chi connectivity index (χ0) is 21.6. The van der Waals surface area contributed by atoms with Gasteiger partial charge in [0.15, 0.2) is 5.96 Å². The highest BCUT2D eigenvalue weighted by atomic mass is 19.1. The van der Waals surface area contributed by atoms with Gasteiger partial charge in [0.05, 0.1) is 12.5 Å². The van der Waals surface area contributed by atoms with Crippen LogP contribution in [0.4, 0.5) is 4.39 Å². The highest BCUT2D eigenvalue weighted by molar-refractivity contribution is 5.81. The lowest BCUT2D eigenvalue weighted by atomic mass is 9.99. The van der Waals surface area contributed by atoms with Crippen LogP contribution in [-0.4, -0.2) is 57.9 Å². The van der Waals surface area contributed by atoms with Crippen molar-refractivity contribution >= 4 is 11.9 Å². The Morgan fingerprint density at radius 3 is 2.70 bits per heavy atom. The lowest BCUT2D eigenvalue weighted by molar-refractivity contribution is -0.121. The molecule has 1 amide bonds. The summed E-state index contributed by atoms with van der Waals surface area (Å²) in [5.74, 6) is 0.0849. The Morgan fingerprint density at radius 1 is 1.30 bits per heavy atom. The largest absolute Gasteiger partial charge is 0.381 e. The van der Waals surface area contributed by atoms with Crippen molar-refractivity contribution in [3.8, 4) is 0 Å². The number of aliphatic imine (C=N–C) groups is 1. The molecule has 1 aliphatic heterocycles. The number of guanidine groups is 1. The number of halogens is 1. The van der Waals surface area contributed by atoms with Gasteiger partial charge in [-0.25, -0.2) is 4.39 Å². The highest BCUT2D eigenvalue weighted by Gasteiger charge is 2.16. The number of amides is 1. The fourth-order valence-electron chi connectivity index (χ4n) is 3.25. The summed E-state index contributed by atoms with van der Waals surface area (Å²) in [5, 5.41) is 6.44. The van der Waals surface area contributed by atoms with E-state index in [9.17, 15) is 9.18 Å². The standard InChI is InChI=1S/C22H35FN4O3/c1-2-25-22(26-10-3-11-30-16-18-8-12-29-13-9-18)27-15-19(21(24)28)14-17-4-6-20(23)7-5-17/h4-7,18-19H,2-3,8-16H2,1H3,(H2,24,28)(H2,25,26,27). The van der Waals surface area contributed by atoms with Gasteiger partial charge in [-0.1, -0.05) is 12.1 Å². The van der Waals surface area contributed by atoms with E-state index in [1.165, 1.54) is 12.1 Å². The lowest BCUT2D eigenvalue weighted by Gasteiger charge is -2.21. The van der Waals surface area contributed by atoms with Crippen LogP contribution in [0.5, 0.6) is 0 Å². The van der Waals surface area contributed by atoms with Gasteiger partial charge in [0.25, 0.3) is 0 Å². The first-order valence-corrected chi connectivity index (χ1v) is 10.8. The number of primary amides is 1. The molecule has 168 valence electrons. The molecule has 2 rings (SSSR count). The number of rotatable bonds is 12. The molecule has 0 bridgehead atoms. The summed E-state index contributed by atoms with van der Waals surface area (Å²) in [7, 11) is 0. The average Bonchev–Trinajstić information content (AvgIpc) is 2.75. The molecule has 0 spiro atoms. The number of carbonyl (C=O) groups excluding carboxylic acids is 1. The van der Waals surface area contributed by atoms with E-state index in [1.54, 1.807) is 12.1 Å². The van der Waals surface area contributed by atoms with E-state index in [0.717, 1.165) is 51.2 Å². The summed E-state index contributed by atoms with van der Waals surface area (Å²) < 4.78 is 24.2. The maximum atomic E-state index is 13.1. The second-order valence-electron chi connectivity index (χ2n) is 7.56. The molecule has 1 unspecified atom stereocenters. The van der Waals surface area contributed by atoms with Crippen molar-refractivity contribution in [3.05, 3.63) is 35.6 Å². The van der Waals surface area contributed by atoms with Crippen molar-refractivity contribution in [2.24, 2.45) is 22.6 Å². The Balaban J connectivity index is 1.72. The van der Waals surface area contributed by atoms with Crippen LogP contribution in [0.2, 0.25) is 0 Å². The van der Waals surface area contributed by atoms with Gasteiger partial charge in [-0.3, -0.25) is 9.79 Å². The van der Waals surface area contributed by atoms with Crippen LogP contribution in [0.1, 0.15) is 31.7 Å². The molecule has 0 aromatic heterocycles. The zero-order valence-corrected chi connectivity index (χ0v) is 17.9. The Morgan fingerprint density at radius 2 is 2.03 bits per heavy atom. The van der Waals surface area contributed by atoms with E-state index in [1.807, 2.05) is 6.92 Å². The molecule has 1 saturated heterocycles. The number of nitrogens with two attached hydrogens (primary N) is 1. The zero-order valence-electron chi connectivity index (χ0n) is 17.9. The third-order valence-electron chi connectivity index (χ3n) is 5.06. The molecule has 1 atom stereocenters. The molecular weight excluding hydrogens is 387 g/mol. The molecular formula is C22H35FN4O3. The van der Waals surface area contributed by atoms with Crippen LogP contribution in [0.25, 0.3) is 0 Å². The van der Waals surface area contributed by atoms with E-state index in [0.29, 0.717) is 31.4 Å². The third-order valence-corrected chi connectivity index (χ3v) is 5.06. The minimum absolute atomic E-state index is 0.266. The van der Waals surface area contributed by atoms with Crippen molar-refractivity contribution in [2.45, 2.75) is 32.6 Å². The molecule has 0 aliphatic carbocycles. The topological polar surface area (TPSA) is 98.0 Å². The summed E-state index contributed by atoms with van der Waals surface area (Å²) in [4.78, 5) is 16.3. The van der Waals surface area contributed by atoms with Crippen molar-refractivity contribution in [2.75, 3.05) is 46.1 Å². The first-order valence-electron chi connectivity index (χ1n) is 10.8. The molecule has 1 fully saturated rings. The lowest BCUT2D eigenvalue weighted by Crippen LogP contribution is -2.39. The molecule has 1 aromatic rings. The molecule has 1 heterocycles. The Labute approximate surface area is 178 Å². The third kappa shape index (κ3) is 9.54. The van der Waals surface area contributed by atoms with Crippen LogP contribution in [0.3, 0.4) is 0 Å². The smallest absolute Gasteiger partial charge is 0.222 e. The first kappa shape index (κ1) is 24.1. The maximum absolute atomic E-state index is 13.1. The number of ether oxygens (including phenoxy) is 2. The van der Waals surface area contributed by atoms with Crippen molar-refractivity contribution < 1.29 is 18.7 Å². The maximum Gasteiger partial charge on any atom is 0.222 e. The highest BCUT2D eigenvalue weighted by Crippen LogP contribution is 2.14. The van der Waals surface area contributed by atoms with Crippen LogP contribution < -0.4 is 16.4 Å². The van der Waals surface area contributed by atoms with E-state index in [2.05, 4.69) is 15.6 Å². The van der Waals surface area contributed by atoms with Gasteiger partial charge in [0.1, 0.15) is 5.82 Å². The van der Waals surface area contributed by atoms with Crippen molar-refractivity contribution in [1.82, 2.24) is 10.6 Å². The molecule has 30 heavy (non-hydrogen) atoms. The fraction of sp³-hybridized carbons (Fsp3) is 0.636. The minimum Gasteiger partial charge on any atom is -0.381 e. The Kier molecular flexibility index (Phi) is 11.2. The van der Waals surface area contributed by atoms with Gasteiger partial charge in [-0.05, 0) is 56.2 Å². The Bertz CT molecular complexity index is 648. The molecule has 7 nitrogen and oxygen atoms in total. The number of nitrogens with zero attached hydrogens (tertiary/aromatic N) is 1. The number of carbonyl (C=O) groups is 1. The fourth-order valence-corrected chi connectivity index (χ4v) is 3.25. The van der Waals surface area contributed by atoms with Gasteiger partial charge < -0.3 is 25.8 Å². The predicted octanol–water partition coefficient (Wildman–Crippen LogP) is 1.86. The molecule has 0 saturated carbocycles. The van der Waals surface area contributed by atoms with E-state index in [4.69, 9.17) is 15.2 Å². The number of benzene rings is 1. The van der Waals surface area contributed by atoms with Crippen LogP contribution in [0, 0.1) is 17.7 Å². The first-order chi connectivity index (χ1) is 14.6. The SMILES string of the molecule is CCNC(=NCC(Cc1ccc(F)cc1)C(N)=O)NCCCOCC1CCOCC1. The summed E-state index contributed by atoms with van der Waals surface area (Å²) in [6, 6.07) is 6.09. The number of nitrogens with one attached hydrogen (secondary N) is 2. The van der Waals surface area contributed by atoms with Crippen LogP contribution >= 0.6 is 0 Å². The second kappa shape index (κ2) is 13.9. The summed E-state index contributed by atoms with van der Waals surface area (Å²) in [6.07, 6.45) is 3.45. The van der Waals surface area contributed by atoms with Gasteiger partial charge in [-0.2, -0.15) is 0 Å². The normalized spacial score (nSPS) is 16.3. The van der Waals surface area contributed by atoms with E-state index in [-0.39, 0.29) is 12.4 Å². The summed E-state index contributed by atoms with van der Waals surface area (Å²) in [6.45, 7) is 6.85. The van der Waals surface area contributed by atoms with E-state index < -0.39 is 11.8 Å². The van der Waals surface area contributed by atoms with Gasteiger partial charge in [0.2, 0.25) is 5.91 Å². The molecule has 4 N–H and O–H groups in total. The number of hydrogen-bond acceptors (Lipinski definition) is 4. The van der Waals surface area contributed by atoms with Crippen molar-refractivity contribution in [3.63, 3.8) is 0 Å². The average molecular weight is 423 g/mol. The Hall–Kier alpha value is -2.19. The van der Waals surface area contributed by atoms with Gasteiger partial charge in [0, 0.05) is 39.5 Å². The number of hydrogen-bond donors (Lipinski definition) is 3. The minimum atomic E-state index is -0.450. The molecule has 1 aliphatic rings. The second-order valence-corrected chi connectivity index (χ2v) is 7.56. The molecule has 1 aromatic carbocycles. The molecule has 8 heteroatoms. The van der Waals surface area contributed by atoms with Gasteiger partial charge in [-0.15, -0.1) is 0 Å².